The van der Waals surface area contributed by atoms with Gasteiger partial charge in [0.25, 0.3) is 0 Å². The predicted molar refractivity (Wildman–Crippen MR) is 101 cm³/mol. The van der Waals surface area contributed by atoms with Gasteiger partial charge >= 0.3 is 6.09 Å². The van der Waals surface area contributed by atoms with Gasteiger partial charge in [0.2, 0.25) is 0 Å². The van der Waals surface area contributed by atoms with E-state index in [0.29, 0.717) is 49.9 Å². The highest BCUT2D eigenvalue weighted by molar-refractivity contribution is 5.69. The van der Waals surface area contributed by atoms with Gasteiger partial charge in [-0.15, -0.1) is 0 Å². The molecule has 1 N–H and O–H groups in total. The number of halogens is 1. The molecule has 1 fully saturated rings. The predicted octanol–water partition coefficient (Wildman–Crippen LogP) is 3.12. The van der Waals surface area contributed by atoms with Crippen LogP contribution < -0.4 is 5.32 Å². The molecular formula is C20H21FN4O3. The number of cyclic esters (lactones) is 1. The van der Waals surface area contributed by atoms with Crippen molar-refractivity contribution in [3.63, 3.8) is 0 Å². The normalized spacial score (nSPS) is 13.9. The summed E-state index contributed by atoms with van der Waals surface area (Å²) in [6, 6.07) is 10.0. The molecule has 0 aliphatic carbocycles. The fraction of sp³-hybridized carbons (Fsp3) is 0.300. The average molecular weight is 384 g/mol. The van der Waals surface area contributed by atoms with E-state index in [0.717, 1.165) is 11.3 Å². The number of aromatic nitrogens is 2. The standard InChI is InChI=1S/C20H21FN4O3/c1-14-5-6-18(28-14)19-15(12-22-7-8-24-9-10-27-20(24)26)13-25(23-19)17-4-2-3-16(21)11-17/h2-6,11,13,22H,7-10,12H2,1H3. The number of aryl methyl sites for hydroxylation is 1. The highest BCUT2D eigenvalue weighted by Crippen LogP contribution is 2.25. The van der Waals surface area contributed by atoms with E-state index in [1.807, 2.05) is 25.3 Å². The fourth-order valence-corrected chi connectivity index (χ4v) is 3.13. The Balaban J connectivity index is 1.51. The van der Waals surface area contributed by atoms with E-state index in [-0.39, 0.29) is 11.9 Å². The maximum absolute atomic E-state index is 13.6. The van der Waals surface area contributed by atoms with Crippen molar-refractivity contribution in [2.75, 3.05) is 26.2 Å². The van der Waals surface area contributed by atoms with Crippen LogP contribution in [-0.2, 0) is 11.3 Å². The van der Waals surface area contributed by atoms with E-state index in [9.17, 15) is 9.18 Å². The number of ether oxygens (including phenoxy) is 1. The molecule has 0 saturated carbocycles. The lowest BCUT2D eigenvalue weighted by molar-refractivity contribution is 0.158. The zero-order chi connectivity index (χ0) is 19.5. The molecule has 1 amide bonds. The highest BCUT2D eigenvalue weighted by atomic mass is 19.1. The molecule has 3 heterocycles. The number of hydrogen-bond acceptors (Lipinski definition) is 5. The zero-order valence-corrected chi connectivity index (χ0v) is 15.5. The number of rotatable bonds is 7. The molecule has 3 aromatic rings. The summed E-state index contributed by atoms with van der Waals surface area (Å²) in [5, 5.41) is 7.93. The van der Waals surface area contributed by atoms with Crippen molar-refractivity contribution in [3.8, 4) is 17.1 Å². The molecule has 0 radical (unpaired) electrons. The third-order valence-electron chi connectivity index (χ3n) is 4.56. The summed E-state index contributed by atoms with van der Waals surface area (Å²) in [5.41, 5.74) is 2.25. The van der Waals surface area contributed by atoms with Crippen LogP contribution >= 0.6 is 0 Å². The van der Waals surface area contributed by atoms with Gasteiger partial charge in [-0.05, 0) is 37.3 Å². The Morgan fingerprint density at radius 1 is 1.29 bits per heavy atom. The first kappa shape index (κ1) is 18.2. The third kappa shape index (κ3) is 3.91. The Morgan fingerprint density at radius 2 is 2.18 bits per heavy atom. The molecule has 28 heavy (non-hydrogen) atoms. The van der Waals surface area contributed by atoms with Crippen LogP contribution in [0.3, 0.4) is 0 Å². The summed E-state index contributed by atoms with van der Waals surface area (Å²) in [4.78, 5) is 13.2. The SMILES string of the molecule is Cc1ccc(-c2nn(-c3cccc(F)c3)cc2CNCCN2CCOC2=O)o1. The van der Waals surface area contributed by atoms with E-state index in [4.69, 9.17) is 9.15 Å². The Morgan fingerprint density at radius 3 is 2.89 bits per heavy atom. The summed E-state index contributed by atoms with van der Waals surface area (Å²) in [6.07, 6.45) is 1.59. The molecule has 1 saturated heterocycles. The van der Waals surface area contributed by atoms with Crippen LogP contribution in [-0.4, -0.2) is 47.0 Å². The van der Waals surface area contributed by atoms with Gasteiger partial charge in [-0.1, -0.05) is 6.07 Å². The van der Waals surface area contributed by atoms with Crippen molar-refractivity contribution >= 4 is 6.09 Å². The molecule has 2 aromatic heterocycles. The molecule has 1 aliphatic heterocycles. The molecule has 0 spiro atoms. The first-order valence-corrected chi connectivity index (χ1v) is 9.14. The number of furan rings is 1. The summed E-state index contributed by atoms with van der Waals surface area (Å²) in [7, 11) is 0. The molecule has 0 bridgehead atoms. The minimum Gasteiger partial charge on any atom is -0.460 e. The fourth-order valence-electron chi connectivity index (χ4n) is 3.13. The van der Waals surface area contributed by atoms with Gasteiger partial charge in [0, 0.05) is 31.4 Å². The number of benzene rings is 1. The van der Waals surface area contributed by atoms with Crippen molar-refractivity contribution in [3.05, 3.63) is 59.7 Å². The molecule has 0 unspecified atom stereocenters. The second-order valence-corrected chi connectivity index (χ2v) is 6.62. The molecule has 1 aliphatic rings. The average Bonchev–Trinajstić information content (AvgIpc) is 3.39. The minimum atomic E-state index is -0.319. The van der Waals surface area contributed by atoms with Crippen molar-refractivity contribution in [2.45, 2.75) is 13.5 Å². The van der Waals surface area contributed by atoms with Crippen LogP contribution in [0.25, 0.3) is 17.1 Å². The van der Waals surface area contributed by atoms with Gasteiger partial charge in [0.1, 0.15) is 23.9 Å². The maximum atomic E-state index is 13.6. The van der Waals surface area contributed by atoms with Crippen LogP contribution in [0.5, 0.6) is 0 Å². The van der Waals surface area contributed by atoms with Crippen molar-refractivity contribution in [1.29, 1.82) is 0 Å². The molecule has 8 heteroatoms. The lowest BCUT2D eigenvalue weighted by atomic mass is 10.2. The van der Waals surface area contributed by atoms with Crippen LogP contribution in [0.1, 0.15) is 11.3 Å². The second-order valence-electron chi connectivity index (χ2n) is 6.62. The van der Waals surface area contributed by atoms with E-state index in [1.54, 1.807) is 21.7 Å². The Bertz CT molecular complexity index is 981. The van der Waals surface area contributed by atoms with Crippen molar-refractivity contribution in [1.82, 2.24) is 20.0 Å². The first-order valence-electron chi connectivity index (χ1n) is 9.14. The minimum absolute atomic E-state index is 0.271. The van der Waals surface area contributed by atoms with Gasteiger partial charge in [0.05, 0.1) is 12.2 Å². The molecule has 7 nitrogen and oxygen atoms in total. The smallest absolute Gasteiger partial charge is 0.409 e. The lowest BCUT2D eigenvalue weighted by Crippen LogP contribution is -2.32. The molecule has 0 atom stereocenters. The van der Waals surface area contributed by atoms with E-state index in [1.165, 1.54) is 12.1 Å². The Kier molecular flexibility index (Phi) is 5.12. The van der Waals surface area contributed by atoms with Crippen LogP contribution in [0.2, 0.25) is 0 Å². The van der Waals surface area contributed by atoms with Gasteiger partial charge in [-0.25, -0.2) is 13.9 Å². The topological polar surface area (TPSA) is 72.5 Å². The van der Waals surface area contributed by atoms with Gasteiger partial charge in [0.15, 0.2) is 5.76 Å². The lowest BCUT2D eigenvalue weighted by Gasteiger charge is -2.12. The number of hydrogen-bond donors (Lipinski definition) is 1. The Hall–Kier alpha value is -3.13. The summed E-state index contributed by atoms with van der Waals surface area (Å²) in [5.74, 6) is 1.13. The number of carbonyl (C=O) groups is 1. The maximum Gasteiger partial charge on any atom is 0.409 e. The van der Waals surface area contributed by atoms with E-state index >= 15 is 0 Å². The third-order valence-corrected chi connectivity index (χ3v) is 4.56. The van der Waals surface area contributed by atoms with Crippen molar-refractivity contribution in [2.24, 2.45) is 0 Å². The largest absolute Gasteiger partial charge is 0.460 e. The number of carbonyl (C=O) groups excluding carboxylic acids is 1. The first-order chi connectivity index (χ1) is 13.6. The van der Waals surface area contributed by atoms with E-state index in [2.05, 4.69) is 10.4 Å². The van der Waals surface area contributed by atoms with Gasteiger partial charge in [-0.3, -0.25) is 0 Å². The Labute approximate surface area is 161 Å². The molecule has 146 valence electrons. The quantitative estimate of drug-likeness (QED) is 0.634. The second kappa shape index (κ2) is 7.85. The van der Waals surface area contributed by atoms with Crippen LogP contribution in [0.15, 0.2) is 47.0 Å². The van der Waals surface area contributed by atoms with Crippen molar-refractivity contribution < 1.29 is 18.3 Å². The zero-order valence-electron chi connectivity index (χ0n) is 15.5. The van der Waals surface area contributed by atoms with Crippen LogP contribution in [0.4, 0.5) is 9.18 Å². The van der Waals surface area contributed by atoms with Crippen LogP contribution in [0, 0.1) is 12.7 Å². The van der Waals surface area contributed by atoms with E-state index < -0.39 is 0 Å². The number of amides is 1. The monoisotopic (exact) mass is 384 g/mol. The molecule has 4 rings (SSSR count). The number of nitrogens with zero attached hydrogens (tertiary/aromatic N) is 3. The highest BCUT2D eigenvalue weighted by Gasteiger charge is 2.21. The summed E-state index contributed by atoms with van der Waals surface area (Å²) >= 11 is 0. The number of nitrogens with one attached hydrogen (secondary N) is 1. The molecular weight excluding hydrogens is 363 g/mol. The summed E-state index contributed by atoms with van der Waals surface area (Å²) in [6.45, 7) is 4.67. The van der Waals surface area contributed by atoms with Gasteiger partial charge in [-0.2, -0.15) is 5.10 Å². The molecule has 1 aromatic carbocycles. The summed E-state index contributed by atoms with van der Waals surface area (Å²) < 4.78 is 25.9. The van der Waals surface area contributed by atoms with Gasteiger partial charge < -0.3 is 19.4 Å².